The number of nitrogens with one attached hydrogen (secondary N) is 1. The fraction of sp³-hybridized carbons (Fsp3) is 0.577. The standard InChI is InChI=1S/C26H35N5O4/c1-17-22-23(27-16-28-24(22)30-11-13-33-14-12-30)29-20-15-19(5-6-21(20)34-17)18-7-9-31(10-8-18)25(32)35-26(2,3)4/h5-6,15-18H,7-14H2,1-4H3,(H,27,28,29). The second kappa shape index (κ2) is 9.53. The molecule has 1 unspecified atom stereocenters. The highest BCUT2D eigenvalue weighted by Crippen LogP contribution is 2.43. The van der Waals surface area contributed by atoms with Crippen molar-refractivity contribution in [3.63, 3.8) is 0 Å². The number of amides is 1. The number of aromatic nitrogens is 2. The Kier molecular flexibility index (Phi) is 6.44. The molecule has 2 saturated heterocycles. The molecule has 9 heteroatoms. The summed E-state index contributed by atoms with van der Waals surface area (Å²) in [5.41, 5.74) is 2.64. The molecule has 5 rings (SSSR count). The molecule has 188 valence electrons. The van der Waals surface area contributed by atoms with Crippen LogP contribution < -0.4 is 15.0 Å². The van der Waals surface area contributed by atoms with Gasteiger partial charge in [0.05, 0.1) is 24.5 Å². The first-order valence-electron chi connectivity index (χ1n) is 12.5. The van der Waals surface area contributed by atoms with Crippen molar-refractivity contribution in [3.05, 3.63) is 35.7 Å². The lowest BCUT2D eigenvalue weighted by atomic mass is 9.89. The number of ether oxygens (including phenoxy) is 3. The zero-order chi connectivity index (χ0) is 24.6. The third kappa shape index (κ3) is 5.15. The highest BCUT2D eigenvalue weighted by molar-refractivity contribution is 5.73. The number of carbonyl (C=O) groups is 1. The molecule has 3 aliphatic heterocycles. The van der Waals surface area contributed by atoms with Crippen LogP contribution in [0.15, 0.2) is 24.5 Å². The van der Waals surface area contributed by atoms with Crippen molar-refractivity contribution in [1.82, 2.24) is 14.9 Å². The molecule has 0 bridgehead atoms. The molecule has 0 aliphatic carbocycles. The van der Waals surface area contributed by atoms with E-state index in [1.807, 2.05) is 38.7 Å². The van der Waals surface area contributed by atoms with Crippen LogP contribution >= 0.6 is 0 Å². The van der Waals surface area contributed by atoms with Crippen molar-refractivity contribution in [2.75, 3.05) is 49.6 Å². The molecule has 1 amide bonds. The SMILES string of the molecule is CC1Oc2ccc(C3CCN(C(=O)OC(C)(C)C)CC3)cc2Nc2ncnc(N3CCOCC3)c21. The molecule has 1 aromatic heterocycles. The summed E-state index contributed by atoms with van der Waals surface area (Å²) in [6, 6.07) is 6.36. The summed E-state index contributed by atoms with van der Waals surface area (Å²) in [5, 5.41) is 3.53. The number of benzene rings is 1. The number of carbonyl (C=O) groups excluding carboxylic acids is 1. The lowest BCUT2D eigenvalue weighted by Gasteiger charge is -2.33. The molecule has 1 N–H and O–H groups in total. The Morgan fingerprint density at radius 3 is 2.57 bits per heavy atom. The number of morpholine rings is 1. The molecule has 0 saturated carbocycles. The summed E-state index contributed by atoms with van der Waals surface area (Å²) in [4.78, 5) is 25.7. The van der Waals surface area contributed by atoms with Crippen LogP contribution in [0.2, 0.25) is 0 Å². The van der Waals surface area contributed by atoms with Gasteiger partial charge in [-0.05, 0) is 64.2 Å². The minimum absolute atomic E-state index is 0.194. The van der Waals surface area contributed by atoms with E-state index in [9.17, 15) is 4.79 Å². The van der Waals surface area contributed by atoms with Crippen LogP contribution in [-0.2, 0) is 9.47 Å². The van der Waals surface area contributed by atoms with Gasteiger partial charge in [0.25, 0.3) is 0 Å². The number of hydrogen-bond acceptors (Lipinski definition) is 8. The number of fused-ring (bicyclic) bond motifs is 2. The monoisotopic (exact) mass is 481 g/mol. The van der Waals surface area contributed by atoms with Gasteiger partial charge in [-0.25, -0.2) is 14.8 Å². The Bertz CT molecular complexity index is 1070. The smallest absolute Gasteiger partial charge is 0.410 e. The van der Waals surface area contributed by atoms with Crippen molar-refractivity contribution in [2.45, 2.75) is 58.2 Å². The highest BCUT2D eigenvalue weighted by Gasteiger charge is 2.30. The molecule has 4 heterocycles. The number of nitrogens with zero attached hydrogens (tertiary/aromatic N) is 4. The van der Waals surface area contributed by atoms with Crippen LogP contribution in [0.1, 0.15) is 63.7 Å². The molecule has 1 atom stereocenters. The average molecular weight is 482 g/mol. The fourth-order valence-corrected chi connectivity index (χ4v) is 4.99. The van der Waals surface area contributed by atoms with E-state index in [-0.39, 0.29) is 12.2 Å². The first-order chi connectivity index (χ1) is 16.8. The van der Waals surface area contributed by atoms with Gasteiger partial charge in [-0.2, -0.15) is 0 Å². The van der Waals surface area contributed by atoms with Gasteiger partial charge in [0, 0.05) is 26.2 Å². The molecule has 35 heavy (non-hydrogen) atoms. The molecule has 0 spiro atoms. The summed E-state index contributed by atoms with van der Waals surface area (Å²) in [7, 11) is 0. The van der Waals surface area contributed by atoms with Crippen molar-refractivity contribution >= 4 is 23.4 Å². The van der Waals surface area contributed by atoms with E-state index in [2.05, 4.69) is 32.3 Å². The normalized spacial score (nSPS) is 20.7. The summed E-state index contributed by atoms with van der Waals surface area (Å²) in [6.07, 6.45) is 2.99. The second-order valence-corrected chi connectivity index (χ2v) is 10.4. The van der Waals surface area contributed by atoms with Crippen molar-refractivity contribution in [1.29, 1.82) is 0 Å². The molecule has 2 fully saturated rings. The summed E-state index contributed by atoms with van der Waals surface area (Å²) in [6.45, 7) is 12.1. The van der Waals surface area contributed by atoms with E-state index in [4.69, 9.17) is 14.2 Å². The first kappa shape index (κ1) is 23.7. The van der Waals surface area contributed by atoms with Gasteiger partial charge in [0.15, 0.2) is 0 Å². The molecule has 9 nitrogen and oxygen atoms in total. The Morgan fingerprint density at radius 1 is 1.11 bits per heavy atom. The van der Waals surface area contributed by atoms with E-state index < -0.39 is 5.60 Å². The molecular weight excluding hydrogens is 446 g/mol. The summed E-state index contributed by atoms with van der Waals surface area (Å²) in [5.74, 6) is 2.86. The lowest BCUT2D eigenvalue weighted by molar-refractivity contribution is 0.0205. The van der Waals surface area contributed by atoms with Crippen molar-refractivity contribution in [3.8, 4) is 5.75 Å². The van der Waals surface area contributed by atoms with E-state index >= 15 is 0 Å². The Hall–Kier alpha value is -3.07. The molecule has 2 aromatic rings. The molecule has 0 radical (unpaired) electrons. The van der Waals surface area contributed by atoms with E-state index in [0.717, 1.165) is 54.6 Å². The molecular formula is C26H35N5O4. The molecule has 3 aliphatic rings. The maximum atomic E-state index is 12.4. The van der Waals surface area contributed by atoms with Gasteiger partial charge in [0.2, 0.25) is 0 Å². The van der Waals surface area contributed by atoms with Crippen LogP contribution in [0.5, 0.6) is 5.75 Å². The van der Waals surface area contributed by atoms with Crippen LogP contribution in [0.3, 0.4) is 0 Å². The van der Waals surface area contributed by atoms with Gasteiger partial charge in [-0.15, -0.1) is 0 Å². The third-order valence-corrected chi connectivity index (χ3v) is 6.76. The van der Waals surface area contributed by atoms with Crippen LogP contribution in [-0.4, -0.2) is 66.0 Å². The topological polar surface area (TPSA) is 89.0 Å². The van der Waals surface area contributed by atoms with Gasteiger partial charge in [-0.3, -0.25) is 0 Å². The Labute approximate surface area is 206 Å². The Morgan fingerprint density at radius 2 is 1.86 bits per heavy atom. The Balaban J connectivity index is 1.33. The van der Waals surface area contributed by atoms with Crippen molar-refractivity contribution < 1.29 is 19.0 Å². The first-order valence-corrected chi connectivity index (χ1v) is 12.5. The largest absolute Gasteiger partial charge is 0.484 e. The number of likely N-dealkylation sites (tertiary alicyclic amines) is 1. The zero-order valence-corrected chi connectivity index (χ0v) is 21.0. The zero-order valence-electron chi connectivity index (χ0n) is 21.0. The van der Waals surface area contributed by atoms with Gasteiger partial charge < -0.3 is 29.3 Å². The predicted octanol–water partition coefficient (Wildman–Crippen LogP) is 4.62. The van der Waals surface area contributed by atoms with E-state index in [1.54, 1.807) is 6.33 Å². The number of anilines is 3. The summed E-state index contributed by atoms with van der Waals surface area (Å²) >= 11 is 0. The van der Waals surface area contributed by atoms with Gasteiger partial charge in [-0.1, -0.05) is 6.07 Å². The van der Waals surface area contributed by atoms with Crippen LogP contribution in [0.4, 0.5) is 22.1 Å². The van der Waals surface area contributed by atoms with E-state index in [1.165, 1.54) is 5.56 Å². The summed E-state index contributed by atoms with van der Waals surface area (Å²) < 4.78 is 17.4. The number of hydrogen-bond donors (Lipinski definition) is 1. The van der Waals surface area contributed by atoms with Gasteiger partial charge in [0.1, 0.15) is 35.4 Å². The second-order valence-electron chi connectivity index (χ2n) is 10.4. The lowest BCUT2D eigenvalue weighted by Crippen LogP contribution is -2.41. The van der Waals surface area contributed by atoms with E-state index in [0.29, 0.717) is 32.2 Å². The van der Waals surface area contributed by atoms with Crippen LogP contribution in [0, 0.1) is 0 Å². The minimum atomic E-state index is -0.477. The third-order valence-electron chi connectivity index (χ3n) is 6.76. The van der Waals surface area contributed by atoms with Crippen LogP contribution in [0.25, 0.3) is 0 Å². The fourth-order valence-electron chi connectivity index (χ4n) is 4.99. The number of rotatable bonds is 2. The predicted molar refractivity (Wildman–Crippen MR) is 134 cm³/mol. The average Bonchev–Trinajstić information content (AvgIpc) is 2.98. The highest BCUT2D eigenvalue weighted by atomic mass is 16.6. The maximum absolute atomic E-state index is 12.4. The van der Waals surface area contributed by atoms with Gasteiger partial charge >= 0.3 is 6.09 Å². The minimum Gasteiger partial charge on any atom is -0.484 e. The number of piperidine rings is 1. The van der Waals surface area contributed by atoms with Crippen molar-refractivity contribution in [2.24, 2.45) is 0 Å². The maximum Gasteiger partial charge on any atom is 0.410 e. The molecule has 1 aromatic carbocycles. The quantitative estimate of drug-likeness (QED) is 0.665.